The smallest absolute Gasteiger partial charge is 0.303 e. The van der Waals surface area contributed by atoms with Gasteiger partial charge in [0.2, 0.25) is 0 Å². The van der Waals surface area contributed by atoms with E-state index in [-0.39, 0.29) is 23.1 Å². The summed E-state index contributed by atoms with van der Waals surface area (Å²) in [4.78, 5) is 11.4. The lowest BCUT2D eigenvalue weighted by molar-refractivity contribution is -0.146. The van der Waals surface area contributed by atoms with Gasteiger partial charge in [-0.05, 0) is 85.5 Å². The van der Waals surface area contributed by atoms with Gasteiger partial charge in [-0.2, -0.15) is 0 Å². The van der Waals surface area contributed by atoms with Crippen molar-refractivity contribution in [1.29, 1.82) is 0 Å². The van der Waals surface area contributed by atoms with Crippen LogP contribution in [-0.4, -0.2) is 24.3 Å². The van der Waals surface area contributed by atoms with Gasteiger partial charge < -0.3 is 9.47 Å². The van der Waals surface area contributed by atoms with Crippen molar-refractivity contribution in [3.05, 3.63) is 24.3 Å². The Bertz CT molecular complexity index is 688. The fraction of sp³-hybridized carbons (Fsp3) is 0.792. The third-order valence-electron chi connectivity index (χ3n) is 9.36. The first-order valence-electron chi connectivity index (χ1n) is 11.1. The lowest BCUT2D eigenvalue weighted by Gasteiger charge is -2.58. The zero-order valence-electron chi connectivity index (χ0n) is 17.1. The van der Waals surface area contributed by atoms with Gasteiger partial charge in [-0.3, -0.25) is 4.79 Å². The lowest BCUT2D eigenvalue weighted by atomic mass is 9.47. The molecule has 5 aliphatic rings. The van der Waals surface area contributed by atoms with Crippen molar-refractivity contribution < 1.29 is 14.3 Å². The molecule has 0 bridgehead atoms. The summed E-state index contributed by atoms with van der Waals surface area (Å²) in [5.74, 6) is 2.44. The standard InChI is InChI=1S/C24H34O3/c1-16(25)27-18-7-11-22(2)17(15-18)5-6-19-20(22)8-12-23(3)21(19)9-13-24(23)10-4-14-26-24/h5-7,11,17-21H,4,8-10,12-15H2,1-3H3/t17?,18?,19?,20?,21?,22-,23-,24?/m0/s1. The van der Waals surface area contributed by atoms with Crippen LogP contribution in [0.15, 0.2) is 24.3 Å². The number of esters is 1. The molecule has 3 heteroatoms. The molecule has 0 aromatic carbocycles. The first-order valence-corrected chi connectivity index (χ1v) is 11.1. The first kappa shape index (κ1) is 18.0. The highest BCUT2D eigenvalue weighted by Crippen LogP contribution is 2.68. The average molecular weight is 371 g/mol. The van der Waals surface area contributed by atoms with Gasteiger partial charge >= 0.3 is 5.97 Å². The second kappa shape index (κ2) is 5.95. The minimum Gasteiger partial charge on any atom is -0.458 e. The number of allylic oxidation sites excluding steroid dienone is 3. The van der Waals surface area contributed by atoms with Crippen molar-refractivity contribution >= 4 is 5.97 Å². The second-order valence-corrected chi connectivity index (χ2v) is 10.3. The number of fused-ring (bicyclic) bond motifs is 6. The summed E-state index contributed by atoms with van der Waals surface area (Å²) in [7, 11) is 0. The summed E-state index contributed by atoms with van der Waals surface area (Å²) in [6.45, 7) is 7.48. The molecule has 1 heterocycles. The molecule has 1 spiro atoms. The lowest BCUT2D eigenvalue weighted by Crippen LogP contribution is -2.54. The fourth-order valence-corrected chi connectivity index (χ4v) is 7.90. The fourth-order valence-electron chi connectivity index (χ4n) is 7.90. The molecule has 5 rings (SSSR count). The number of hydrogen-bond acceptors (Lipinski definition) is 3. The third kappa shape index (κ3) is 2.39. The molecule has 0 aromatic rings. The monoisotopic (exact) mass is 370 g/mol. The van der Waals surface area contributed by atoms with E-state index in [2.05, 4.69) is 38.2 Å². The maximum absolute atomic E-state index is 11.4. The van der Waals surface area contributed by atoms with Crippen molar-refractivity contribution in [2.24, 2.45) is 34.5 Å². The van der Waals surface area contributed by atoms with Crippen LogP contribution >= 0.6 is 0 Å². The Morgan fingerprint density at radius 3 is 2.63 bits per heavy atom. The Kier molecular flexibility index (Phi) is 3.96. The van der Waals surface area contributed by atoms with E-state index in [9.17, 15) is 4.79 Å². The highest BCUT2D eigenvalue weighted by atomic mass is 16.5. The van der Waals surface area contributed by atoms with Crippen LogP contribution in [0.2, 0.25) is 0 Å². The van der Waals surface area contributed by atoms with E-state index in [0.717, 1.165) is 18.9 Å². The van der Waals surface area contributed by atoms with Gasteiger partial charge in [0, 0.05) is 13.5 Å². The number of carbonyl (C=O) groups excluding carboxylic acids is 1. The zero-order chi connectivity index (χ0) is 18.9. The Balaban J connectivity index is 1.44. The van der Waals surface area contributed by atoms with Gasteiger partial charge in [0.05, 0.1) is 5.60 Å². The van der Waals surface area contributed by atoms with Crippen LogP contribution in [-0.2, 0) is 14.3 Å². The van der Waals surface area contributed by atoms with Crippen LogP contribution in [0.1, 0.15) is 65.7 Å². The molecular formula is C24H34O3. The van der Waals surface area contributed by atoms with E-state index in [0.29, 0.717) is 23.2 Å². The zero-order valence-corrected chi connectivity index (χ0v) is 17.1. The molecule has 2 saturated carbocycles. The van der Waals surface area contributed by atoms with Crippen molar-refractivity contribution in [1.82, 2.24) is 0 Å². The summed E-state index contributed by atoms with van der Waals surface area (Å²) >= 11 is 0. The molecular weight excluding hydrogens is 336 g/mol. The van der Waals surface area contributed by atoms with E-state index in [1.807, 2.05) is 0 Å². The van der Waals surface area contributed by atoms with Crippen LogP contribution in [0, 0.1) is 34.5 Å². The predicted octanol–water partition coefficient (Wildman–Crippen LogP) is 5.06. The highest BCUT2D eigenvalue weighted by molar-refractivity contribution is 5.66. The SMILES string of the molecule is CC(=O)OC1C=C[C@@]2(C)C(C=CC3C2CC[C@@]2(C)C3CCC23CCCO3)C1. The largest absolute Gasteiger partial charge is 0.458 e. The van der Waals surface area contributed by atoms with E-state index in [4.69, 9.17) is 9.47 Å². The molecule has 3 nitrogen and oxygen atoms in total. The number of hydrogen-bond donors (Lipinski definition) is 0. The molecule has 1 saturated heterocycles. The van der Waals surface area contributed by atoms with Gasteiger partial charge in [-0.25, -0.2) is 0 Å². The number of ether oxygens (including phenoxy) is 2. The van der Waals surface area contributed by atoms with Gasteiger partial charge in [-0.1, -0.05) is 32.1 Å². The maximum Gasteiger partial charge on any atom is 0.303 e. The summed E-state index contributed by atoms with van der Waals surface area (Å²) in [6, 6.07) is 0. The first-order chi connectivity index (χ1) is 12.9. The van der Waals surface area contributed by atoms with E-state index >= 15 is 0 Å². The third-order valence-corrected chi connectivity index (χ3v) is 9.36. The van der Waals surface area contributed by atoms with Gasteiger partial charge in [0.25, 0.3) is 0 Å². The van der Waals surface area contributed by atoms with Crippen molar-refractivity contribution in [2.75, 3.05) is 6.61 Å². The quantitative estimate of drug-likeness (QED) is 0.478. The average Bonchev–Trinajstić information content (AvgIpc) is 3.21. The van der Waals surface area contributed by atoms with Crippen LogP contribution < -0.4 is 0 Å². The number of rotatable bonds is 1. The van der Waals surface area contributed by atoms with Crippen molar-refractivity contribution in [3.8, 4) is 0 Å². The molecule has 3 fully saturated rings. The molecule has 0 aromatic heterocycles. The molecule has 148 valence electrons. The number of carbonyl (C=O) groups is 1. The Labute approximate surface area is 163 Å². The van der Waals surface area contributed by atoms with Gasteiger partial charge in [0.15, 0.2) is 0 Å². The van der Waals surface area contributed by atoms with Gasteiger partial charge in [0.1, 0.15) is 6.10 Å². The van der Waals surface area contributed by atoms with E-state index in [1.54, 1.807) is 0 Å². The van der Waals surface area contributed by atoms with Gasteiger partial charge in [-0.15, -0.1) is 0 Å². The van der Waals surface area contributed by atoms with E-state index < -0.39 is 0 Å². The molecule has 0 radical (unpaired) electrons. The van der Waals surface area contributed by atoms with Crippen LogP contribution in [0.4, 0.5) is 0 Å². The highest BCUT2D eigenvalue weighted by Gasteiger charge is 2.65. The molecule has 1 aliphatic heterocycles. The summed E-state index contributed by atoms with van der Waals surface area (Å²) in [5.41, 5.74) is 0.706. The van der Waals surface area contributed by atoms with Crippen LogP contribution in [0.25, 0.3) is 0 Å². The topological polar surface area (TPSA) is 35.5 Å². The minimum atomic E-state index is -0.174. The minimum absolute atomic E-state index is 0.0581. The molecule has 6 unspecified atom stereocenters. The Morgan fingerprint density at radius 1 is 1.07 bits per heavy atom. The second-order valence-electron chi connectivity index (χ2n) is 10.3. The van der Waals surface area contributed by atoms with Crippen LogP contribution in [0.3, 0.4) is 0 Å². The normalized spacial score (nSPS) is 53.1. The van der Waals surface area contributed by atoms with Crippen molar-refractivity contribution in [2.45, 2.75) is 77.4 Å². The summed E-state index contributed by atoms with van der Waals surface area (Å²) in [6.07, 6.45) is 18.1. The Hall–Kier alpha value is -1.09. The molecule has 4 aliphatic carbocycles. The Morgan fingerprint density at radius 2 is 1.89 bits per heavy atom. The summed E-state index contributed by atoms with van der Waals surface area (Å²) in [5, 5.41) is 0. The van der Waals surface area contributed by atoms with Crippen molar-refractivity contribution in [3.63, 3.8) is 0 Å². The maximum atomic E-state index is 11.4. The van der Waals surface area contributed by atoms with Crippen LogP contribution in [0.5, 0.6) is 0 Å². The predicted molar refractivity (Wildman–Crippen MR) is 105 cm³/mol. The molecule has 0 N–H and O–H groups in total. The van der Waals surface area contributed by atoms with E-state index in [1.165, 1.54) is 45.4 Å². The molecule has 0 amide bonds. The molecule has 8 atom stereocenters. The molecule has 27 heavy (non-hydrogen) atoms. The summed E-state index contributed by atoms with van der Waals surface area (Å²) < 4.78 is 11.9.